The molecule has 0 saturated carbocycles. The fourth-order valence-electron chi connectivity index (χ4n) is 2.81. The number of aromatic nitrogens is 1. The lowest BCUT2D eigenvalue weighted by atomic mass is 9.92. The predicted molar refractivity (Wildman–Crippen MR) is 97.8 cm³/mol. The van der Waals surface area contributed by atoms with Gasteiger partial charge in [0.2, 0.25) is 0 Å². The summed E-state index contributed by atoms with van der Waals surface area (Å²) < 4.78 is 0. The van der Waals surface area contributed by atoms with Crippen molar-refractivity contribution in [2.24, 2.45) is 0 Å². The second-order valence-electron chi connectivity index (χ2n) is 5.55. The number of likely N-dealkylation sites (N-methyl/N-ethyl adjacent to an activating group) is 1. The maximum Gasteiger partial charge on any atom is 0.0346 e. The summed E-state index contributed by atoms with van der Waals surface area (Å²) in [6.45, 7) is 0.999. The third kappa shape index (κ3) is 3.72. The van der Waals surface area contributed by atoms with Crippen LogP contribution in [0.15, 0.2) is 59.3 Å². The predicted octanol–water partition coefficient (Wildman–Crippen LogP) is 4.36. The normalized spacial score (nSPS) is 14.3. The Morgan fingerprint density at radius 3 is 2.68 bits per heavy atom. The van der Waals surface area contributed by atoms with Crippen molar-refractivity contribution >= 4 is 29.7 Å². The first-order valence-corrected chi connectivity index (χ1v) is 8.23. The molecule has 1 aromatic heterocycles. The maximum absolute atomic E-state index is 4.32. The molecule has 116 valence electrons. The van der Waals surface area contributed by atoms with Gasteiger partial charge in [0.1, 0.15) is 0 Å². The SMILES string of the molecule is CN(C)CC1=C(c2cccnc2)c2ccccc2SCC1.Cl. The molecule has 0 amide bonds. The largest absolute Gasteiger partial charge is 0.305 e. The number of hydrogen-bond donors (Lipinski definition) is 0. The molecule has 0 radical (unpaired) electrons. The Labute approximate surface area is 143 Å². The molecule has 0 fully saturated rings. The second kappa shape index (κ2) is 7.82. The van der Waals surface area contributed by atoms with E-state index in [1.807, 2.05) is 30.2 Å². The highest BCUT2D eigenvalue weighted by atomic mass is 35.5. The molecule has 2 aromatic rings. The average molecular weight is 333 g/mol. The fourth-order valence-corrected chi connectivity index (χ4v) is 3.88. The minimum absolute atomic E-state index is 0. The molecule has 0 spiro atoms. The number of thioether (sulfide) groups is 1. The Morgan fingerprint density at radius 1 is 1.14 bits per heavy atom. The standard InChI is InChI=1S/C18H20N2S.ClH/c1-20(2)13-15-9-11-21-17-8-4-3-7-16(17)18(15)14-6-5-10-19-12-14;/h3-8,10,12H,9,11,13H2,1-2H3;1H. The topological polar surface area (TPSA) is 16.1 Å². The number of hydrogen-bond acceptors (Lipinski definition) is 3. The molecule has 0 N–H and O–H groups in total. The third-order valence-electron chi connectivity index (χ3n) is 3.63. The lowest BCUT2D eigenvalue weighted by molar-refractivity contribution is 0.442. The monoisotopic (exact) mass is 332 g/mol. The molecule has 4 heteroatoms. The van der Waals surface area contributed by atoms with Crippen LogP contribution in [0.25, 0.3) is 5.57 Å². The number of nitrogens with zero attached hydrogens (tertiary/aromatic N) is 2. The zero-order valence-electron chi connectivity index (χ0n) is 13.0. The van der Waals surface area contributed by atoms with Gasteiger partial charge in [-0.1, -0.05) is 24.3 Å². The highest BCUT2D eigenvalue weighted by Crippen LogP contribution is 2.38. The van der Waals surface area contributed by atoms with Crippen LogP contribution in [-0.2, 0) is 0 Å². The van der Waals surface area contributed by atoms with Gasteiger partial charge in [0.15, 0.2) is 0 Å². The fraction of sp³-hybridized carbons (Fsp3) is 0.278. The zero-order valence-corrected chi connectivity index (χ0v) is 14.6. The first kappa shape index (κ1) is 17.1. The Kier molecular flexibility index (Phi) is 6.07. The molecule has 3 rings (SSSR count). The van der Waals surface area contributed by atoms with Crippen LogP contribution in [0.3, 0.4) is 0 Å². The summed E-state index contributed by atoms with van der Waals surface area (Å²) in [5, 5.41) is 0. The summed E-state index contributed by atoms with van der Waals surface area (Å²) in [5.41, 5.74) is 5.46. The molecule has 1 aliphatic heterocycles. The second-order valence-corrected chi connectivity index (χ2v) is 6.69. The quantitative estimate of drug-likeness (QED) is 0.830. The van der Waals surface area contributed by atoms with E-state index in [2.05, 4.69) is 54.3 Å². The van der Waals surface area contributed by atoms with E-state index in [0.717, 1.165) is 18.7 Å². The van der Waals surface area contributed by atoms with E-state index in [-0.39, 0.29) is 12.4 Å². The molecule has 0 aliphatic carbocycles. The van der Waals surface area contributed by atoms with Gasteiger partial charge in [0.25, 0.3) is 0 Å². The molecule has 0 saturated heterocycles. The van der Waals surface area contributed by atoms with Crippen LogP contribution in [0.5, 0.6) is 0 Å². The minimum Gasteiger partial charge on any atom is -0.305 e. The van der Waals surface area contributed by atoms with Gasteiger partial charge in [0, 0.05) is 35.2 Å². The van der Waals surface area contributed by atoms with E-state index in [1.54, 1.807) is 0 Å². The van der Waals surface area contributed by atoms with Gasteiger partial charge in [-0.05, 0) is 49.4 Å². The highest BCUT2D eigenvalue weighted by molar-refractivity contribution is 7.99. The van der Waals surface area contributed by atoms with Crippen molar-refractivity contribution in [1.29, 1.82) is 0 Å². The Bertz CT molecular complexity index is 653. The van der Waals surface area contributed by atoms with E-state index in [0.29, 0.717) is 0 Å². The van der Waals surface area contributed by atoms with Crippen LogP contribution in [0.2, 0.25) is 0 Å². The first-order valence-electron chi connectivity index (χ1n) is 7.25. The number of rotatable bonds is 3. The molecule has 0 bridgehead atoms. The van der Waals surface area contributed by atoms with Gasteiger partial charge in [0.05, 0.1) is 0 Å². The van der Waals surface area contributed by atoms with Gasteiger partial charge in [-0.25, -0.2) is 0 Å². The molecule has 2 heterocycles. The number of pyridine rings is 1. The van der Waals surface area contributed by atoms with Crippen molar-refractivity contribution in [1.82, 2.24) is 9.88 Å². The summed E-state index contributed by atoms with van der Waals surface area (Å²) in [6, 6.07) is 12.9. The summed E-state index contributed by atoms with van der Waals surface area (Å²) >= 11 is 1.96. The van der Waals surface area contributed by atoms with Crippen molar-refractivity contribution in [2.75, 3.05) is 26.4 Å². The average Bonchev–Trinajstić information content (AvgIpc) is 2.66. The smallest absolute Gasteiger partial charge is 0.0346 e. The summed E-state index contributed by atoms with van der Waals surface area (Å²) in [6.07, 6.45) is 4.95. The molecule has 1 aromatic carbocycles. The van der Waals surface area contributed by atoms with Crippen molar-refractivity contribution in [3.8, 4) is 0 Å². The molecular formula is C18H21ClN2S. The lowest BCUT2D eigenvalue weighted by Crippen LogP contribution is -2.16. The highest BCUT2D eigenvalue weighted by Gasteiger charge is 2.19. The van der Waals surface area contributed by atoms with Crippen LogP contribution in [-0.4, -0.2) is 36.3 Å². The van der Waals surface area contributed by atoms with Crippen molar-refractivity contribution in [3.63, 3.8) is 0 Å². The summed E-state index contributed by atoms with van der Waals surface area (Å²) in [7, 11) is 4.27. The number of benzene rings is 1. The Balaban J connectivity index is 0.00000176. The van der Waals surface area contributed by atoms with E-state index in [4.69, 9.17) is 0 Å². The third-order valence-corrected chi connectivity index (χ3v) is 4.70. The number of halogens is 1. The maximum atomic E-state index is 4.32. The van der Waals surface area contributed by atoms with Gasteiger partial charge >= 0.3 is 0 Å². The zero-order chi connectivity index (χ0) is 14.7. The van der Waals surface area contributed by atoms with Crippen LogP contribution in [0.4, 0.5) is 0 Å². The van der Waals surface area contributed by atoms with E-state index in [9.17, 15) is 0 Å². The molecule has 22 heavy (non-hydrogen) atoms. The first-order chi connectivity index (χ1) is 10.3. The molecule has 0 atom stereocenters. The number of fused-ring (bicyclic) bond motifs is 1. The van der Waals surface area contributed by atoms with E-state index in [1.165, 1.54) is 27.2 Å². The van der Waals surface area contributed by atoms with Gasteiger partial charge < -0.3 is 4.90 Å². The lowest BCUT2D eigenvalue weighted by Gasteiger charge is -2.18. The van der Waals surface area contributed by atoms with Gasteiger partial charge in [-0.15, -0.1) is 24.2 Å². The summed E-state index contributed by atoms with van der Waals surface area (Å²) in [4.78, 5) is 7.96. The van der Waals surface area contributed by atoms with Crippen LogP contribution in [0, 0.1) is 0 Å². The van der Waals surface area contributed by atoms with Crippen molar-refractivity contribution < 1.29 is 0 Å². The molecule has 1 aliphatic rings. The van der Waals surface area contributed by atoms with E-state index < -0.39 is 0 Å². The Hall–Kier alpha value is -1.29. The molecule has 0 unspecified atom stereocenters. The van der Waals surface area contributed by atoms with Crippen LogP contribution >= 0.6 is 24.2 Å². The van der Waals surface area contributed by atoms with Crippen LogP contribution < -0.4 is 0 Å². The molecule has 2 nitrogen and oxygen atoms in total. The molecular weight excluding hydrogens is 312 g/mol. The minimum atomic E-state index is 0. The van der Waals surface area contributed by atoms with Crippen molar-refractivity contribution in [2.45, 2.75) is 11.3 Å². The summed E-state index contributed by atoms with van der Waals surface area (Å²) in [5.74, 6) is 1.14. The van der Waals surface area contributed by atoms with Gasteiger partial charge in [-0.3, -0.25) is 4.98 Å². The van der Waals surface area contributed by atoms with Gasteiger partial charge in [-0.2, -0.15) is 0 Å². The van der Waals surface area contributed by atoms with Crippen molar-refractivity contribution in [3.05, 3.63) is 65.5 Å². The Morgan fingerprint density at radius 2 is 1.95 bits per heavy atom. The van der Waals surface area contributed by atoms with E-state index >= 15 is 0 Å². The van der Waals surface area contributed by atoms with Crippen LogP contribution in [0.1, 0.15) is 17.5 Å².